The summed E-state index contributed by atoms with van der Waals surface area (Å²) in [7, 11) is 1.60. The van der Waals surface area contributed by atoms with E-state index in [9.17, 15) is 9.59 Å². The monoisotopic (exact) mass is 563 g/mol. The number of para-hydroxylation sites is 3. The molecule has 0 saturated heterocycles. The van der Waals surface area contributed by atoms with Crippen LogP contribution in [-0.4, -0.2) is 35.1 Å². The minimum Gasteiger partial charge on any atom is -0.496 e. The van der Waals surface area contributed by atoms with Crippen LogP contribution in [0.5, 0.6) is 5.75 Å². The van der Waals surface area contributed by atoms with Crippen molar-refractivity contribution in [2.45, 2.75) is 19.4 Å². The number of anilines is 1. The van der Waals surface area contributed by atoms with Crippen molar-refractivity contribution in [2.24, 2.45) is 0 Å². The van der Waals surface area contributed by atoms with Gasteiger partial charge in [-0.2, -0.15) is 0 Å². The van der Waals surface area contributed by atoms with Crippen LogP contribution in [0.25, 0.3) is 44.6 Å². The number of hydrogen-bond acceptors (Lipinski definition) is 8. The standard InChI is InChI=1S/C32H25N3O5S/c1-3-25(29(36)35-32-34-24(18-41-32)20-12-4-6-16-26(20)38-2)40-31(37)22-14-9-11-19-10-8-13-21(28(19)22)30-33-23-15-5-7-17-27(23)39-30/h4-18,25H,3H2,1-2H3,(H,34,35,36). The Kier molecular flexibility index (Phi) is 7.18. The molecule has 1 amide bonds. The summed E-state index contributed by atoms with van der Waals surface area (Å²) >= 11 is 1.28. The topological polar surface area (TPSA) is 104 Å². The number of amides is 1. The summed E-state index contributed by atoms with van der Waals surface area (Å²) < 4.78 is 17.2. The Hall–Kier alpha value is -5.02. The molecule has 0 bridgehead atoms. The van der Waals surface area contributed by atoms with E-state index in [-0.39, 0.29) is 6.42 Å². The predicted octanol–water partition coefficient (Wildman–Crippen LogP) is 7.35. The van der Waals surface area contributed by atoms with Gasteiger partial charge in [0.1, 0.15) is 11.3 Å². The van der Waals surface area contributed by atoms with Gasteiger partial charge in [-0.25, -0.2) is 14.8 Å². The summed E-state index contributed by atoms with van der Waals surface area (Å²) in [6.07, 6.45) is -0.738. The summed E-state index contributed by atoms with van der Waals surface area (Å²) in [5, 5.41) is 6.49. The van der Waals surface area contributed by atoms with Crippen molar-refractivity contribution in [2.75, 3.05) is 12.4 Å². The third-order valence-corrected chi connectivity index (χ3v) is 7.44. The molecule has 1 N–H and O–H groups in total. The summed E-state index contributed by atoms with van der Waals surface area (Å²) in [6, 6.07) is 26.0. The number of nitrogens with one attached hydrogen (secondary N) is 1. The molecule has 0 aliphatic rings. The zero-order chi connectivity index (χ0) is 28.3. The molecule has 0 saturated carbocycles. The third kappa shape index (κ3) is 5.15. The number of carbonyl (C=O) groups excluding carboxylic acids is 2. The molecule has 2 aromatic heterocycles. The Balaban J connectivity index is 1.25. The molecule has 6 rings (SSSR count). The van der Waals surface area contributed by atoms with Crippen molar-refractivity contribution in [3.8, 4) is 28.5 Å². The highest BCUT2D eigenvalue weighted by molar-refractivity contribution is 7.14. The number of benzene rings is 4. The molecule has 0 aliphatic heterocycles. The summed E-state index contributed by atoms with van der Waals surface area (Å²) in [4.78, 5) is 35.8. The van der Waals surface area contributed by atoms with Crippen LogP contribution in [0.1, 0.15) is 23.7 Å². The number of rotatable bonds is 8. The SMILES string of the molecule is CCC(OC(=O)c1cccc2cccc(-c3nc4ccccc4o3)c12)C(=O)Nc1nc(-c2ccccc2OC)cs1. The molecule has 6 aromatic rings. The maximum atomic E-state index is 13.5. The Morgan fingerprint density at radius 1 is 0.927 bits per heavy atom. The van der Waals surface area contributed by atoms with Crippen molar-refractivity contribution < 1.29 is 23.5 Å². The van der Waals surface area contributed by atoms with Crippen LogP contribution in [0.4, 0.5) is 5.13 Å². The third-order valence-electron chi connectivity index (χ3n) is 6.68. The molecular weight excluding hydrogens is 538 g/mol. The number of thiazole rings is 1. The largest absolute Gasteiger partial charge is 0.496 e. The maximum absolute atomic E-state index is 13.5. The van der Waals surface area contributed by atoms with Crippen molar-refractivity contribution >= 4 is 50.2 Å². The molecule has 0 spiro atoms. The molecule has 2 heterocycles. The van der Waals surface area contributed by atoms with Gasteiger partial charge in [0.25, 0.3) is 5.91 Å². The van der Waals surface area contributed by atoms with Gasteiger partial charge in [0.05, 0.1) is 18.4 Å². The van der Waals surface area contributed by atoms with E-state index in [1.807, 2.05) is 78.2 Å². The number of fused-ring (bicyclic) bond motifs is 2. The lowest BCUT2D eigenvalue weighted by atomic mass is 9.99. The van der Waals surface area contributed by atoms with Crippen LogP contribution in [-0.2, 0) is 9.53 Å². The maximum Gasteiger partial charge on any atom is 0.339 e. The second-order valence-electron chi connectivity index (χ2n) is 9.23. The number of carbonyl (C=O) groups is 2. The molecule has 0 fully saturated rings. The normalized spacial score (nSPS) is 11.9. The highest BCUT2D eigenvalue weighted by Gasteiger charge is 2.25. The molecular formula is C32H25N3O5S. The number of esters is 1. The van der Waals surface area contributed by atoms with Crippen LogP contribution in [0.2, 0.25) is 0 Å². The zero-order valence-electron chi connectivity index (χ0n) is 22.3. The van der Waals surface area contributed by atoms with Gasteiger partial charge >= 0.3 is 5.97 Å². The van der Waals surface area contributed by atoms with Crippen LogP contribution >= 0.6 is 11.3 Å². The van der Waals surface area contributed by atoms with Gasteiger partial charge in [-0.05, 0) is 48.2 Å². The molecule has 8 nitrogen and oxygen atoms in total. The van der Waals surface area contributed by atoms with Gasteiger partial charge in [-0.1, -0.05) is 55.5 Å². The number of methoxy groups -OCH3 is 1. The lowest BCUT2D eigenvalue weighted by molar-refractivity contribution is -0.124. The first-order valence-corrected chi connectivity index (χ1v) is 13.9. The van der Waals surface area contributed by atoms with E-state index in [0.717, 1.165) is 16.5 Å². The van der Waals surface area contributed by atoms with E-state index >= 15 is 0 Å². The van der Waals surface area contributed by atoms with Crippen molar-refractivity contribution in [1.29, 1.82) is 0 Å². The Morgan fingerprint density at radius 2 is 1.68 bits per heavy atom. The van der Waals surface area contributed by atoms with Crippen molar-refractivity contribution in [1.82, 2.24) is 9.97 Å². The second-order valence-corrected chi connectivity index (χ2v) is 10.1. The molecule has 41 heavy (non-hydrogen) atoms. The molecule has 0 radical (unpaired) electrons. The second kappa shape index (κ2) is 11.2. The summed E-state index contributed by atoms with van der Waals surface area (Å²) in [6.45, 7) is 1.78. The zero-order valence-corrected chi connectivity index (χ0v) is 23.1. The molecule has 0 aliphatic carbocycles. The minimum atomic E-state index is -1.02. The Bertz CT molecular complexity index is 1860. The van der Waals surface area contributed by atoms with E-state index in [4.69, 9.17) is 13.9 Å². The quantitative estimate of drug-likeness (QED) is 0.193. The number of ether oxygens (including phenoxy) is 2. The molecule has 204 valence electrons. The van der Waals surface area contributed by atoms with Crippen LogP contribution in [0.15, 0.2) is 94.7 Å². The fourth-order valence-electron chi connectivity index (χ4n) is 4.69. The van der Waals surface area contributed by atoms with E-state index < -0.39 is 18.0 Å². The number of hydrogen-bond donors (Lipinski definition) is 1. The average Bonchev–Trinajstić information content (AvgIpc) is 3.66. The van der Waals surface area contributed by atoms with Gasteiger partial charge < -0.3 is 13.9 Å². The Morgan fingerprint density at radius 3 is 2.49 bits per heavy atom. The van der Waals surface area contributed by atoms with Crippen LogP contribution in [0.3, 0.4) is 0 Å². The fourth-order valence-corrected chi connectivity index (χ4v) is 5.40. The smallest absolute Gasteiger partial charge is 0.339 e. The minimum absolute atomic E-state index is 0.283. The van der Waals surface area contributed by atoms with Gasteiger partial charge in [0.2, 0.25) is 5.89 Å². The van der Waals surface area contributed by atoms with Gasteiger partial charge in [0, 0.05) is 21.9 Å². The molecule has 9 heteroatoms. The highest BCUT2D eigenvalue weighted by Crippen LogP contribution is 2.34. The highest BCUT2D eigenvalue weighted by atomic mass is 32.1. The predicted molar refractivity (Wildman–Crippen MR) is 159 cm³/mol. The number of nitrogens with zero attached hydrogens (tertiary/aromatic N) is 2. The Labute approximate surface area is 239 Å². The molecule has 4 aromatic carbocycles. The summed E-state index contributed by atoms with van der Waals surface area (Å²) in [5.74, 6) is 0.0102. The molecule has 1 unspecified atom stereocenters. The lowest BCUT2D eigenvalue weighted by Crippen LogP contribution is -2.32. The van der Waals surface area contributed by atoms with Gasteiger partial charge in [-0.3, -0.25) is 10.1 Å². The summed E-state index contributed by atoms with van der Waals surface area (Å²) in [5.41, 5.74) is 3.84. The first-order chi connectivity index (χ1) is 20.1. The van der Waals surface area contributed by atoms with Crippen LogP contribution in [0, 0.1) is 0 Å². The van der Waals surface area contributed by atoms with Crippen LogP contribution < -0.4 is 10.1 Å². The van der Waals surface area contributed by atoms with Gasteiger partial charge in [0.15, 0.2) is 16.8 Å². The van der Waals surface area contributed by atoms with Gasteiger partial charge in [-0.15, -0.1) is 11.3 Å². The fraction of sp³-hybridized carbons (Fsp3) is 0.125. The number of oxazole rings is 1. The lowest BCUT2D eigenvalue weighted by Gasteiger charge is -2.16. The average molecular weight is 564 g/mol. The van der Waals surface area contributed by atoms with E-state index in [2.05, 4.69) is 15.3 Å². The number of aromatic nitrogens is 2. The van der Waals surface area contributed by atoms with Crippen molar-refractivity contribution in [3.05, 3.63) is 95.9 Å². The first kappa shape index (κ1) is 26.2. The molecule has 1 atom stereocenters. The van der Waals surface area contributed by atoms with Crippen molar-refractivity contribution in [3.63, 3.8) is 0 Å². The first-order valence-electron chi connectivity index (χ1n) is 13.0. The van der Waals surface area contributed by atoms with E-state index in [1.54, 1.807) is 26.2 Å². The van der Waals surface area contributed by atoms with E-state index in [1.165, 1.54) is 11.3 Å². The van der Waals surface area contributed by atoms with E-state index in [0.29, 0.717) is 44.6 Å².